The highest BCUT2D eigenvalue weighted by Gasteiger charge is 2.45. The number of aliphatic hydroxyl groups is 2. The summed E-state index contributed by atoms with van der Waals surface area (Å²) < 4.78 is 20.0. The zero-order valence-corrected chi connectivity index (χ0v) is 10.2. The molecule has 0 aliphatic carbocycles. The molecule has 0 aromatic carbocycles. The lowest BCUT2D eigenvalue weighted by atomic mass is 9.99. The normalized spacial score (nSPS) is 36.6. The summed E-state index contributed by atoms with van der Waals surface area (Å²) in [5.74, 6) is -1.20. The summed E-state index contributed by atoms with van der Waals surface area (Å²) in [5, 5.41) is 28.3. The molecule has 0 bridgehead atoms. The van der Waals surface area contributed by atoms with Gasteiger partial charge in [-0.1, -0.05) is 0 Å². The van der Waals surface area contributed by atoms with Crippen molar-refractivity contribution in [3.05, 3.63) is 0 Å². The maximum absolute atomic E-state index is 10.4. The van der Waals surface area contributed by atoms with Crippen LogP contribution in [0.2, 0.25) is 0 Å². The molecule has 1 rings (SSSR count). The summed E-state index contributed by atoms with van der Waals surface area (Å²) in [6, 6.07) is 0. The first kappa shape index (κ1) is 15.3. The molecule has 0 radical (unpaired) electrons. The van der Waals surface area contributed by atoms with Crippen LogP contribution in [0, 0.1) is 0 Å². The number of carboxylic acid groups (broad SMARTS) is 1. The van der Waals surface area contributed by atoms with Crippen molar-refractivity contribution in [2.75, 3.05) is 27.4 Å². The van der Waals surface area contributed by atoms with Gasteiger partial charge in [-0.3, -0.25) is 0 Å². The Bertz CT molecular complexity index is 271. The molecule has 0 amide bonds. The Labute approximate surface area is 104 Å². The van der Waals surface area contributed by atoms with Crippen molar-refractivity contribution in [3.8, 4) is 0 Å². The van der Waals surface area contributed by atoms with Gasteiger partial charge in [0.15, 0.2) is 6.29 Å². The fourth-order valence-electron chi connectivity index (χ4n) is 1.76. The molecule has 0 spiro atoms. The van der Waals surface area contributed by atoms with E-state index in [-0.39, 0.29) is 6.61 Å². The molecule has 1 saturated heterocycles. The average Bonchev–Trinajstić information content (AvgIpc) is 2.32. The third-order valence-corrected chi connectivity index (χ3v) is 2.60. The highest BCUT2D eigenvalue weighted by Crippen LogP contribution is 2.24. The minimum atomic E-state index is -1.28. The molecule has 8 heteroatoms. The monoisotopic (exact) mass is 266 g/mol. The van der Waals surface area contributed by atoms with E-state index in [1.54, 1.807) is 0 Å². The van der Waals surface area contributed by atoms with Crippen LogP contribution in [0.1, 0.15) is 0 Å². The van der Waals surface area contributed by atoms with E-state index in [1.165, 1.54) is 14.2 Å². The number of ether oxygens (including phenoxy) is 4. The van der Waals surface area contributed by atoms with Gasteiger partial charge in [0.2, 0.25) is 0 Å². The van der Waals surface area contributed by atoms with Crippen LogP contribution in [0.25, 0.3) is 0 Å². The molecule has 3 N–H and O–H groups in total. The van der Waals surface area contributed by atoms with Crippen molar-refractivity contribution in [2.24, 2.45) is 0 Å². The Hall–Kier alpha value is -0.770. The van der Waals surface area contributed by atoms with Crippen LogP contribution < -0.4 is 0 Å². The van der Waals surface area contributed by atoms with Crippen molar-refractivity contribution < 1.29 is 39.1 Å². The molecule has 1 heterocycles. The summed E-state index contributed by atoms with van der Waals surface area (Å²) in [5.41, 5.74) is 0. The number of rotatable bonds is 6. The van der Waals surface area contributed by atoms with Gasteiger partial charge >= 0.3 is 5.97 Å². The average molecular weight is 266 g/mol. The van der Waals surface area contributed by atoms with Gasteiger partial charge in [0, 0.05) is 14.2 Å². The fraction of sp³-hybridized carbons (Fsp3) is 0.900. The number of aliphatic carboxylic acids is 1. The summed E-state index contributed by atoms with van der Waals surface area (Å²) in [4.78, 5) is 10.4. The second-order valence-corrected chi connectivity index (χ2v) is 3.88. The van der Waals surface area contributed by atoms with Gasteiger partial charge in [-0.15, -0.1) is 0 Å². The molecule has 0 aromatic heterocycles. The highest BCUT2D eigenvalue weighted by molar-refractivity contribution is 5.68. The summed E-state index contributed by atoms with van der Waals surface area (Å²) in [6.07, 6.45) is -5.36. The maximum atomic E-state index is 10.4. The Kier molecular flexibility index (Phi) is 5.93. The minimum Gasteiger partial charge on any atom is -0.480 e. The third-order valence-electron chi connectivity index (χ3n) is 2.60. The highest BCUT2D eigenvalue weighted by atomic mass is 16.7. The lowest BCUT2D eigenvalue weighted by Gasteiger charge is -2.41. The molecule has 1 aliphatic heterocycles. The third kappa shape index (κ3) is 3.61. The fourth-order valence-corrected chi connectivity index (χ4v) is 1.76. The number of carbonyl (C=O) groups is 1. The Balaban J connectivity index is 2.71. The second-order valence-electron chi connectivity index (χ2n) is 3.88. The van der Waals surface area contributed by atoms with Crippen LogP contribution in [-0.4, -0.2) is 79.4 Å². The zero-order valence-electron chi connectivity index (χ0n) is 10.2. The predicted octanol–water partition coefficient (Wildman–Crippen LogP) is -1.80. The summed E-state index contributed by atoms with van der Waals surface area (Å²) in [7, 11) is 2.75. The molecular weight excluding hydrogens is 248 g/mol. The number of aliphatic hydroxyl groups excluding tert-OH is 2. The van der Waals surface area contributed by atoms with Crippen molar-refractivity contribution in [1.29, 1.82) is 0 Å². The van der Waals surface area contributed by atoms with Crippen molar-refractivity contribution >= 4 is 5.97 Å². The Morgan fingerprint density at radius 2 is 1.94 bits per heavy atom. The molecule has 106 valence electrons. The first-order valence-corrected chi connectivity index (χ1v) is 5.38. The van der Waals surface area contributed by atoms with E-state index >= 15 is 0 Å². The lowest BCUT2D eigenvalue weighted by Crippen LogP contribution is -2.60. The number of hydrogen-bond acceptors (Lipinski definition) is 7. The van der Waals surface area contributed by atoms with Crippen LogP contribution in [0.3, 0.4) is 0 Å². The van der Waals surface area contributed by atoms with E-state index in [0.29, 0.717) is 0 Å². The number of hydrogen-bond donors (Lipinski definition) is 3. The van der Waals surface area contributed by atoms with Gasteiger partial charge in [-0.25, -0.2) is 4.79 Å². The molecule has 0 aromatic rings. The number of carboxylic acids is 1. The van der Waals surface area contributed by atoms with Crippen molar-refractivity contribution in [1.82, 2.24) is 0 Å². The summed E-state index contributed by atoms with van der Waals surface area (Å²) in [6.45, 7) is -0.560. The largest absolute Gasteiger partial charge is 0.480 e. The van der Waals surface area contributed by atoms with Crippen LogP contribution in [0.4, 0.5) is 0 Å². The smallest absolute Gasteiger partial charge is 0.329 e. The Morgan fingerprint density at radius 3 is 2.44 bits per heavy atom. The standard InChI is InChI=1S/C10H18O8/c1-15-3-5-7(13)9(17-4-6(11)12)8(14)10(16-2)18-5/h5,7-10,13-14H,3-4H2,1-2H3,(H,11,12). The Morgan fingerprint density at radius 1 is 1.28 bits per heavy atom. The zero-order chi connectivity index (χ0) is 13.7. The van der Waals surface area contributed by atoms with Crippen molar-refractivity contribution in [2.45, 2.75) is 30.7 Å². The van der Waals surface area contributed by atoms with Gasteiger partial charge in [0.25, 0.3) is 0 Å². The SMILES string of the molecule is COCC1OC(OC)C(O)C(OCC(=O)O)C1O. The first-order chi connectivity index (χ1) is 8.51. The summed E-state index contributed by atoms with van der Waals surface area (Å²) >= 11 is 0. The van der Waals surface area contributed by atoms with Crippen LogP contribution in [0.15, 0.2) is 0 Å². The topological polar surface area (TPSA) is 115 Å². The van der Waals surface area contributed by atoms with Gasteiger partial charge in [-0.05, 0) is 0 Å². The van der Waals surface area contributed by atoms with E-state index in [1.807, 2.05) is 0 Å². The first-order valence-electron chi connectivity index (χ1n) is 5.38. The molecular formula is C10H18O8. The van der Waals surface area contributed by atoms with Crippen molar-refractivity contribution in [3.63, 3.8) is 0 Å². The van der Waals surface area contributed by atoms with E-state index in [0.717, 1.165) is 0 Å². The number of methoxy groups -OCH3 is 2. The molecule has 18 heavy (non-hydrogen) atoms. The van der Waals surface area contributed by atoms with Crippen LogP contribution in [0.5, 0.6) is 0 Å². The maximum Gasteiger partial charge on any atom is 0.329 e. The molecule has 0 saturated carbocycles. The van der Waals surface area contributed by atoms with Crippen LogP contribution in [-0.2, 0) is 23.7 Å². The molecule has 5 atom stereocenters. The minimum absolute atomic E-state index is 0.0701. The van der Waals surface area contributed by atoms with Gasteiger partial charge < -0.3 is 34.3 Å². The molecule has 1 aliphatic rings. The second kappa shape index (κ2) is 6.98. The predicted molar refractivity (Wildman–Crippen MR) is 56.9 cm³/mol. The van der Waals surface area contributed by atoms with E-state index in [2.05, 4.69) is 0 Å². The van der Waals surface area contributed by atoms with Gasteiger partial charge in [-0.2, -0.15) is 0 Å². The molecule has 1 fully saturated rings. The van der Waals surface area contributed by atoms with E-state index in [4.69, 9.17) is 24.1 Å². The van der Waals surface area contributed by atoms with E-state index in [9.17, 15) is 15.0 Å². The van der Waals surface area contributed by atoms with E-state index < -0.39 is 43.3 Å². The molecule has 8 nitrogen and oxygen atoms in total. The quantitative estimate of drug-likeness (QED) is 0.515. The van der Waals surface area contributed by atoms with Gasteiger partial charge in [0.1, 0.15) is 31.0 Å². The molecule has 5 unspecified atom stereocenters. The van der Waals surface area contributed by atoms with Gasteiger partial charge in [0.05, 0.1) is 6.61 Å². The lowest BCUT2D eigenvalue weighted by molar-refractivity contribution is -0.302. The van der Waals surface area contributed by atoms with Crippen LogP contribution >= 0.6 is 0 Å².